The van der Waals surface area contributed by atoms with Crippen LogP contribution in [0.15, 0.2) is 18.3 Å². The van der Waals surface area contributed by atoms with E-state index in [0.717, 1.165) is 18.5 Å². The number of pyridine rings is 1. The topological polar surface area (TPSA) is 38.9 Å². The minimum atomic E-state index is 0.172. The summed E-state index contributed by atoms with van der Waals surface area (Å²) in [5.74, 6) is 0.606. The Morgan fingerprint density at radius 3 is 3.17 bits per heavy atom. The molecule has 0 aromatic carbocycles. The maximum atomic E-state index is 6.04. The number of nitrogens with zero attached hydrogens (tertiary/aromatic N) is 1. The zero-order valence-electron chi connectivity index (χ0n) is 7.33. The van der Waals surface area contributed by atoms with Crippen molar-refractivity contribution >= 4 is 0 Å². The summed E-state index contributed by atoms with van der Waals surface area (Å²) in [5, 5.41) is 0. The molecule has 0 fully saturated rings. The van der Waals surface area contributed by atoms with Gasteiger partial charge in [-0.05, 0) is 24.0 Å². The fraction of sp³-hybridized carbons (Fsp3) is 0.500. The maximum Gasteiger partial charge on any atom is 0.0605 e. The smallest absolute Gasteiger partial charge is 0.0605 e. The van der Waals surface area contributed by atoms with Crippen molar-refractivity contribution < 1.29 is 0 Å². The van der Waals surface area contributed by atoms with Crippen molar-refractivity contribution in [2.24, 2.45) is 11.7 Å². The van der Waals surface area contributed by atoms with Crippen molar-refractivity contribution in [3.8, 4) is 0 Å². The van der Waals surface area contributed by atoms with Crippen LogP contribution in [0.3, 0.4) is 0 Å². The third kappa shape index (κ3) is 1.03. The van der Waals surface area contributed by atoms with E-state index in [0.29, 0.717) is 5.92 Å². The van der Waals surface area contributed by atoms with Gasteiger partial charge in [-0.1, -0.05) is 19.4 Å². The van der Waals surface area contributed by atoms with E-state index in [1.807, 2.05) is 12.3 Å². The van der Waals surface area contributed by atoms with E-state index in [1.165, 1.54) is 5.56 Å². The first kappa shape index (κ1) is 7.74. The molecule has 1 aliphatic carbocycles. The lowest BCUT2D eigenvalue weighted by Gasteiger charge is -2.11. The fourth-order valence-corrected chi connectivity index (χ4v) is 1.95. The summed E-state index contributed by atoms with van der Waals surface area (Å²) in [4.78, 5) is 4.31. The van der Waals surface area contributed by atoms with E-state index < -0.39 is 0 Å². The zero-order chi connectivity index (χ0) is 8.55. The average molecular weight is 162 g/mol. The molecule has 2 unspecified atom stereocenters. The van der Waals surface area contributed by atoms with Crippen LogP contribution in [0.25, 0.3) is 0 Å². The first-order valence-electron chi connectivity index (χ1n) is 4.52. The van der Waals surface area contributed by atoms with Crippen LogP contribution in [-0.4, -0.2) is 4.98 Å². The molecule has 1 aromatic heterocycles. The van der Waals surface area contributed by atoms with Gasteiger partial charge in [0, 0.05) is 6.20 Å². The van der Waals surface area contributed by atoms with E-state index in [4.69, 9.17) is 5.73 Å². The van der Waals surface area contributed by atoms with Crippen molar-refractivity contribution in [3.05, 3.63) is 29.6 Å². The molecule has 1 aliphatic rings. The Morgan fingerprint density at radius 1 is 1.67 bits per heavy atom. The molecule has 2 N–H and O–H groups in total. The third-order valence-corrected chi connectivity index (χ3v) is 2.76. The van der Waals surface area contributed by atoms with Gasteiger partial charge in [0.1, 0.15) is 0 Å². The van der Waals surface area contributed by atoms with Gasteiger partial charge < -0.3 is 5.73 Å². The molecule has 1 heterocycles. The second-order valence-electron chi connectivity index (χ2n) is 3.45. The van der Waals surface area contributed by atoms with E-state index in [2.05, 4.69) is 18.0 Å². The van der Waals surface area contributed by atoms with Crippen molar-refractivity contribution in [1.29, 1.82) is 0 Å². The van der Waals surface area contributed by atoms with Gasteiger partial charge in [-0.3, -0.25) is 4.98 Å². The number of aromatic nitrogens is 1. The molecule has 64 valence electrons. The largest absolute Gasteiger partial charge is 0.322 e. The highest BCUT2D eigenvalue weighted by Crippen LogP contribution is 2.34. The van der Waals surface area contributed by atoms with Crippen LogP contribution in [-0.2, 0) is 6.42 Å². The number of rotatable bonds is 1. The number of fused-ring (bicyclic) bond motifs is 1. The Morgan fingerprint density at radius 2 is 2.50 bits per heavy atom. The van der Waals surface area contributed by atoms with Crippen molar-refractivity contribution in [2.75, 3.05) is 0 Å². The molecule has 0 saturated heterocycles. The van der Waals surface area contributed by atoms with E-state index in [9.17, 15) is 0 Å². The van der Waals surface area contributed by atoms with Gasteiger partial charge in [-0.25, -0.2) is 0 Å². The normalized spacial score (nSPS) is 27.2. The lowest BCUT2D eigenvalue weighted by atomic mass is 10.0. The predicted molar refractivity (Wildman–Crippen MR) is 48.7 cm³/mol. The molecule has 0 aliphatic heterocycles. The fourth-order valence-electron chi connectivity index (χ4n) is 1.95. The predicted octanol–water partition coefficient (Wildman–Crippen LogP) is 1.66. The monoisotopic (exact) mass is 162 g/mol. The average Bonchev–Trinajstić information content (AvgIpc) is 2.44. The number of hydrogen-bond donors (Lipinski definition) is 1. The standard InChI is InChI=1S/C10H14N2/c1-2-7-6-8-4-3-5-12-10(8)9(7)11/h3-5,7,9H,2,6,11H2,1H3. The molecule has 0 radical (unpaired) electrons. The number of hydrogen-bond acceptors (Lipinski definition) is 2. The second kappa shape index (κ2) is 2.87. The Bertz CT molecular complexity index is 283. The number of nitrogens with two attached hydrogens (primary N) is 1. The molecule has 2 heteroatoms. The van der Waals surface area contributed by atoms with Gasteiger partial charge in [-0.15, -0.1) is 0 Å². The Labute approximate surface area is 72.8 Å². The summed E-state index contributed by atoms with van der Waals surface area (Å²) < 4.78 is 0. The lowest BCUT2D eigenvalue weighted by molar-refractivity contribution is 0.448. The lowest BCUT2D eigenvalue weighted by Crippen LogP contribution is -2.16. The highest BCUT2D eigenvalue weighted by molar-refractivity contribution is 5.29. The highest BCUT2D eigenvalue weighted by atomic mass is 14.8. The highest BCUT2D eigenvalue weighted by Gasteiger charge is 2.28. The van der Waals surface area contributed by atoms with Crippen LogP contribution in [0.5, 0.6) is 0 Å². The van der Waals surface area contributed by atoms with Gasteiger partial charge in [0.2, 0.25) is 0 Å². The molecule has 0 bridgehead atoms. The first-order valence-corrected chi connectivity index (χ1v) is 4.52. The van der Waals surface area contributed by atoms with E-state index in [1.54, 1.807) is 0 Å². The molecule has 2 rings (SSSR count). The first-order chi connectivity index (χ1) is 5.83. The second-order valence-corrected chi connectivity index (χ2v) is 3.45. The molecule has 12 heavy (non-hydrogen) atoms. The zero-order valence-corrected chi connectivity index (χ0v) is 7.33. The van der Waals surface area contributed by atoms with Gasteiger partial charge >= 0.3 is 0 Å². The van der Waals surface area contributed by atoms with Crippen LogP contribution in [0, 0.1) is 5.92 Å². The summed E-state index contributed by atoms with van der Waals surface area (Å²) in [6.07, 6.45) is 4.09. The quantitative estimate of drug-likeness (QED) is 0.682. The minimum Gasteiger partial charge on any atom is -0.322 e. The molecule has 2 atom stereocenters. The van der Waals surface area contributed by atoms with E-state index in [-0.39, 0.29) is 6.04 Å². The molecule has 0 spiro atoms. The van der Waals surface area contributed by atoms with E-state index >= 15 is 0 Å². The van der Waals surface area contributed by atoms with Gasteiger partial charge in [-0.2, -0.15) is 0 Å². The van der Waals surface area contributed by atoms with Crippen LogP contribution >= 0.6 is 0 Å². The minimum absolute atomic E-state index is 0.172. The Kier molecular flexibility index (Phi) is 1.85. The van der Waals surface area contributed by atoms with Crippen molar-refractivity contribution in [2.45, 2.75) is 25.8 Å². The molecule has 1 aromatic rings. The van der Waals surface area contributed by atoms with Crippen LogP contribution in [0.2, 0.25) is 0 Å². The van der Waals surface area contributed by atoms with Crippen LogP contribution in [0.1, 0.15) is 30.6 Å². The van der Waals surface area contributed by atoms with Crippen LogP contribution < -0.4 is 5.73 Å². The molecular formula is C10H14N2. The van der Waals surface area contributed by atoms with Crippen molar-refractivity contribution in [3.63, 3.8) is 0 Å². The molecule has 0 saturated carbocycles. The summed E-state index contributed by atoms with van der Waals surface area (Å²) in [6, 6.07) is 4.30. The Hall–Kier alpha value is -0.890. The Balaban J connectivity index is 2.35. The van der Waals surface area contributed by atoms with Crippen molar-refractivity contribution in [1.82, 2.24) is 4.98 Å². The van der Waals surface area contributed by atoms with Gasteiger partial charge in [0.25, 0.3) is 0 Å². The third-order valence-electron chi connectivity index (χ3n) is 2.76. The van der Waals surface area contributed by atoms with Gasteiger partial charge in [0.05, 0.1) is 11.7 Å². The molecular weight excluding hydrogens is 148 g/mol. The molecule has 2 nitrogen and oxygen atoms in total. The van der Waals surface area contributed by atoms with Gasteiger partial charge in [0.15, 0.2) is 0 Å². The summed E-state index contributed by atoms with van der Waals surface area (Å²) in [5.41, 5.74) is 8.50. The summed E-state index contributed by atoms with van der Waals surface area (Å²) in [7, 11) is 0. The summed E-state index contributed by atoms with van der Waals surface area (Å²) in [6.45, 7) is 2.19. The SMILES string of the molecule is CCC1Cc2cccnc2C1N. The van der Waals surface area contributed by atoms with Crippen LogP contribution in [0.4, 0.5) is 0 Å². The maximum absolute atomic E-state index is 6.04. The molecule has 0 amide bonds. The summed E-state index contributed by atoms with van der Waals surface area (Å²) >= 11 is 0.